The van der Waals surface area contributed by atoms with Gasteiger partial charge < -0.3 is 4.57 Å². The Morgan fingerprint density at radius 1 is 0.529 bits per heavy atom. The Hall–Kier alpha value is -4.43. The smallest absolute Gasteiger partial charge is 0.132 e. The van der Waals surface area contributed by atoms with Crippen LogP contribution in [0.3, 0.4) is 0 Å². The first-order valence-electron chi connectivity index (χ1n) is 11.4. The highest BCUT2D eigenvalue weighted by Crippen LogP contribution is 2.32. The molecule has 2 heteroatoms. The third kappa shape index (κ3) is 3.50. The minimum atomic E-state index is -0.243. The van der Waals surface area contributed by atoms with E-state index in [0.29, 0.717) is 5.56 Å². The molecule has 1 aromatic heterocycles. The van der Waals surface area contributed by atoms with Crippen LogP contribution >= 0.6 is 0 Å². The zero-order valence-corrected chi connectivity index (χ0v) is 18.5. The molecule has 0 saturated heterocycles. The van der Waals surface area contributed by atoms with Gasteiger partial charge in [0.15, 0.2) is 0 Å². The van der Waals surface area contributed by atoms with Crippen LogP contribution in [0.25, 0.3) is 50.8 Å². The number of para-hydroxylation sites is 2. The topological polar surface area (TPSA) is 4.93 Å². The van der Waals surface area contributed by atoms with Crippen molar-refractivity contribution in [3.05, 3.63) is 138 Å². The van der Waals surface area contributed by atoms with Crippen LogP contribution in [0.1, 0.15) is 11.1 Å². The average Bonchev–Trinajstić information content (AvgIpc) is 3.23. The van der Waals surface area contributed by atoms with Gasteiger partial charge in [0.25, 0.3) is 0 Å². The molecular weight excluding hydrogens is 417 g/mol. The fraction of sp³-hybridized carbons (Fsp3) is 0. The summed E-state index contributed by atoms with van der Waals surface area (Å²) < 4.78 is 17.4. The predicted octanol–water partition coefficient (Wildman–Crippen LogP) is 8.76. The molecule has 6 aromatic rings. The van der Waals surface area contributed by atoms with Crippen LogP contribution < -0.4 is 0 Å². The Labute approximate surface area is 198 Å². The van der Waals surface area contributed by atoms with E-state index in [4.69, 9.17) is 0 Å². The van der Waals surface area contributed by atoms with Crippen molar-refractivity contribution in [1.29, 1.82) is 0 Å². The predicted molar refractivity (Wildman–Crippen MR) is 142 cm³/mol. The molecule has 0 N–H and O–H groups in total. The van der Waals surface area contributed by atoms with Gasteiger partial charge in [0.05, 0.1) is 11.0 Å². The molecule has 0 bridgehead atoms. The van der Waals surface area contributed by atoms with Crippen molar-refractivity contribution >= 4 is 34.0 Å². The maximum absolute atomic E-state index is 15.3. The minimum absolute atomic E-state index is 0.243. The number of hydrogen-bond acceptors (Lipinski definition) is 0. The van der Waals surface area contributed by atoms with Crippen LogP contribution in [-0.2, 0) is 0 Å². The molecule has 0 radical (unpaired) electrons. The summed E-state index contributed by atoms with van der Waals surface area (Å²) in [6.07, 6.45) is 3.84. The average molecular weight is 440 g/mol. The zero-order chi connectivity index (χ0) is 22.9. The molecule has 6 rings (SSSR count). The van der Waals surface area contributed by atoms with Crippen LogP contribution in [-0.4, -0.2) is 4.57 Å². The highest BCUT2D eigenvalue weighted by Gasteiger charge is 2.12. The van der Waals surface area contributed by atoms with Crippen LogP contribution in [0.5, 0.6) is 0 Å². The van der Waals surface area contributed by atoms with Gasteiger partial charge >= 0.3 is 0 Å². The fourth-order valence-corrected chi connectivity index (χ4v) is 4.69. The number of halogens is 1. The Kier molecular flexibility index (Phi) is 5.04. The first kappa shape index (κ1) is 20.2. The molecule has 0 amide bonds. The maximum Gasteiger partial charge on any atom is 0.132 e. The standard InChI is InChI=1S/C32H22FN/c33-30-22-26(34-31-16-8-6-14-28(31)29-15-7-9-17-32(29)34)21-20-25(30)19-18-24-12-4-5-13-27(24)23-10-2-1-3-11-23/h1-22H. The molecule has 0 aliphatic carbocycles. The second kappa shape index (κ2) is 8.49. The molecule has 1 nitrogen and oxygen atoms in total. The number of hydrogen-bond donors (Lipinski definition) is 0. The molecule has 0 unspecified atom stereocenters. The summed E-state index contributed by atoms with van der Waals surface area (Å²) in [5.41, 5.74) is 6.85. The van der Waals surface area contributed by atoms with Gasteiger partial charge in [-0.15, -0.1) is 0 Å². The second-order valence-electron chi connectivity index (χ2n) is 8.36. The summed E-state index contributed by atoms with van der Waals surface area (Å²) in [6.45, 7) is 0. The quantitative estimate of drug-likeness (QED) is 0.242. The molecule has 34 heavy (non-hydrogen) atoms. The van der Waals surface area contributed by atoms with Crippen LogP contribution in [0.4, 0.5) is 4.39 Å². The van der Waals surface area contributed by atoms with Gasteiger partial charge in [0, 0.05) is 22.0 Å². The summed E-state index contributed by atoms with van der Waals surface area (Å²) in [7, 11) is 0. The largest absolute Gasteiger partial charge is 0.309 e. The number of benzene rings is 5. The summed E-state index contributed by atoms with van der Waals surface area (Å²) in [5.74, 6) is -0.243. The van der Waals surface area contributed by atoms with Crippen molar-refractivity contribution in [2.75, 3.05) is 0 Å². The van der Waals surface area contributed by atoms with Crippen molar-refractivity contribution < 1.29 is 4.39 Å². The van der Waals surface area contributed by atoms with E-state index in [9.17, 15) is 0 Å². The number of nitrogens with zero attached hydrogens (tertiary/aromatic N) is 1. The lowest BCUT2D eigenvalue weighted by atomic mass is 9.99. The monoisotopic (exact) mass is 439 g/mol. The number of rotatable bonds is 4. The molecule has 162 valence electrons. The molecule has 5 aromatic carbocycles. The summed E-state index contributed by atoms with van der Waals surface area (Å²) in [4.78, 5) is 0. The minimum Gasteiger partial charge on any atom is -0.309 e. The van der Waals surface area contributed by atoms with Crippen LogP contribution in [0, 0.1) is 5.82 Å². The van der Waals surface area contributed by atoms with E-state index in [1.54, 1.807) is 6.07 Å². The van der Waals surface area contributed by atoms with Gasteiger partial charge in [0.2, 0.25) is 0 Å². The molecular formula is C32H22FN. The van der Waals surface area contributed by atoms with E-state index in [0.717, 1.165) is 33.4 Å². The Balaban J connectivity index is 1.41. The Morgan fingerprint density at radius 2 is 1.12 bits per heavy atom. The third-order valence-corrected chi connectivity index (χ3v) is 6.31. The molecule has 0 aliphatic heterocycles. The van der Waals surface area contributed by atoms with Crippen LogP contribution in [0.2, 0.25) is 0 Å². The summed E-state index contributed by atoms with van der Waals surface area (Å²) >= 11 is 0. The molecule has 1 heterocycles. The highest BCUT2D eigenvalue weighted by molar-refractivity contribution is 6.09. The summed E-state index contributed by atoms with van der Waals surface area (Å²) in [5, 5.41) is 2.33. The van der Waals surface area contributed by atoms with E-state index in [1.165, 1.54) is 10.8 Å². The van der Waals surface area contributed by atoms with Gasteiger partial charge in [-0.3, -0.25) is 0 Å². The molecule has 0 aliphatic rings. The van der Waals surface area contributed by atoms with E-state index in [1.807, 2.05) is 78.9 Å². The Bertz CT molecular complexity index is 1600. The van der Waals surface area contributed by atoms with E-state index in [-0.39, 0.29) is 5.82 Å². The van der Waals surface area contributed by atoms with Crippen molar-refractivity contribution in [2.24, 2.45) is 0 Å². The van der Waals surface area contributed by atoms with Gasteiger partial charge in [-0.05, 0) is 47.0 Å². The zero-order valence-electron chi connectivity index (χ0n) is 18.5. The van der Waals surface area contributed by atoms with E-state index < -0.39 is 0 Å². The van der Waals surface area contributed by atoms with Gasteiger partial charge in [0.1, 0.15) is 5.82 Å². The van der Waals surface area contributed by atoms with Crippen molar-refractivity contribution in [2.45, 2.75) is 0 Å². The van der Waals surface area contributed by atoms with Crippen molar-refractivity contribution in [1.82, 2.24) is 4.57 Å². The third-order valence-electron chi connectivity index (χ3n) is 6.31. The SMILES string of the molecule is Fc1cc(-n2c3ccccc3c3ccccc32)ccc1C=Cc1ccccc1-c1ccccc1. The molecule has 0 fully saturated rings. The van der Waals surface area contributed by atoms with Crippen molar-refractivity contribution in [3.63, 3.8) is 0 Å². The molecule has 0 atom stereocenters. The van der Waals surface area contributed by atoms with Gasteiger partial charge in [-0.1, -0.05) is 103 Å². The lowest BCUT2D eigenvalue weighted by Gasteiger charge is -2.09. The number of aromatic nitrogens is 1. The van der Waals surface area contributed by atoms with E-state index >= 15 is 4.39 Å². The first-order chi connectivity index (χ1) is 16.8. The van der Waals surface area contributed by atoms with Crippen molar-refractivity contribution in [3.8, 4) is 16.8 Å². The number of fused-ring (bicyclic) bond motifs is 3. The summed E-state index contributed by atoms with van der Waals surface area (Å²) in [6, 6.07) is 40.5. The van der Waals surface area contributed by atoms with Gasteiger partial charge in [-0.25, -0.2) is 4.39 Å². The second-order valence-corrected chi connectivity index (χ2v) is 8.36. The first-order valence-corrected chi connectivity index (χ1v) is 11.4. The molecule has 0 spiro atoms. The highest BCUT2D eigenvalue weighted by atomic mass is 19.1. The normalized spacial score (nSPS) is 11.6. The molecule has 0 saturated carbocycles. The lowest BCUT2D eigenvalue weighted by Crippen LogP contribution is -1.95. The van der Waals surface area contributed by atoms with Crippen LogP contribution in [0.15, 0.2) is 121 Å². The Morgan fingerprint density at radius 3 is 1.82 bits per heavy atom. The van der Waals surface area contributed by atoms with E-state index in [2.05, 4.69) is 53.1 Å². The maximum atomic E-state index is 15.3. The fourth-order valence-electron chi connectivity index (χ4n) is 4.69. The lowest BCUT2D eigenvalue weighted by molar-refractivity contribution is 0.624. The van der Waals surface area contributed by atoms with Gasteiger partial charge in [-0.2, -0.15) is 0 Å².